The van der Waals surface area contributed by atoms with E-state index in [4.69, 9.17) is 12.2 Å². The molecule has 84 valence electrons. The maximum Gasteiger partial charge on any atom is 0.186 e. The van der Waals surface area contributed by atoms with Gasteiger partial charge in [-0.15, -0.1) is 0 Å². The van der Waals surface area contributed by atoms with Crippen molar-refractivity contribution in [2.75, 3.05) is 0 Å². The fourth-order valence-corrected chi connectivity index (χ4v) is 1.76. The molecule has 1 aromatic carbocycles. The van der Waals surface area contributed by atoms with Crippen molar-refractivity contribution >= 4 is 22.9 Å². The van der Waals surface area contributed by atoms with E-state index in [0.717, 1.165) is 5.56 Å². The molecule has 1 heterocycles. The summed E-state index contributed by atoms with van der Waals surface area (Å²) in [4.78, 5) is 16.5. The number of benzene rings is 1. The number of nitrogens with zero attached hydrogens (tertiary/aromatic N) is 1. The van der Waals surface area contributed by atoms with Gasteiger partial charge in [0.25, 0.3) is 0 Å². The summed E-state index contributed by atoms with van der Waals surface area (Å²) in [6, 6.07) is 14.8. The van der Waals surface area contributed by atoms with Crippen LogP contribution < -0.4 is 0 Å². The SMILES string of the molecule is O=C(CC(=S)c1ccccc1)c1ccccn1. The molecule has 1 aromatic heterocycles. The van der Waals surface area contributed by atoms with Gasteiger partial charge >= 0.3 is 0 Å². The molecule has 2 nitrogen and oxygen atoms in total. The predicted molar refractivity (Wildman–Crippen MR) is 71.3 cm³/mol. The Morgan fingerprint density at radius 2 is 1.76 bits per heavy atom. The number of hydrogen-bond donors (Lipinski definition) is 0. The number of ketones is 1. The van der Waals surface area contributed by atoms with E-state index in [1.54, 1.807) is 24.4 Å². The molecule has 0 spiro atoms. The number of carbonyl (C=O) groups is 1. The second kappa shape index (κ2) is 5.46. The Hall–Kier alpha value is -1.87. The van der Waals surface area contributed by atoms with Gasteiger partial charge in [-0.1, -0.05) is 48.6 Å². The summed E-state index contributed by atoms with van der Waals surface area (Å²) in [5.41, 5.74) is 1.39. The Morgan fingerprint density at radius 3 is 2.41 bits per heavy atom. The molecule has 0 aliphatic carbocycles. The highest BCUT2D eigenvalue weighted by Crippen LogP contribution is 2.08. The minimum absolute atomic E-state index is 0.0422. The fourth-order valence-electron chi connectivity index (χ4n) is 1.49. The standard InChI is InChI=1S/C14H11NOS/c16-13(12-8-4-5-9-15-12)10-14(17)11-6-2-1-3-7-11/h1-9H,10H2. The zero-order valence-electron chi connectivity index (χ0n) is 9.17. The van der Waals surface area contributed by atoms with Crippen molar-refractivity contribution in [3.8, 4) is 0 Å². The second-order valence-corrected chi connectivity index (χ2v) is 4.10. The molecular weight excluding hydrogens is 230 g/mol. The molecule has 17 heavy (non-hydrogen) atoms. The molecule has 3 heteroatoms. The van der Waals surface area contributed by atoms with Gasteiger partial charge in [0.05, 0.1) is 0 Å². The van der Waals surface area contributed by atoms with E-state index in [1.807, 2.05) is 30.3 Å². The first kappa shape index (κ1) is 11.6. The van der Waals surface area contributed by atoms with E-state index in [1.165, 1.54) is 0 Å². The molecule has 0 saturated heterocycles. The Kier molecular flexibility index (Phi) is 3.73. The Morgan fingerprint density at radius 1 is 1.06 bits per heavy atom. The van der Waals surface area contributed by atoms with Crippen LogP contribution in [0, 0.1) is 0 Å². The molecule has 2 rings (SSSR count). The molecule has 0 fully saturated rings. The largest absolute Gasteiger partial charge is 0.292 e. The number of aromatic nitrogens is 1. The van der Waals surface area contributed by atoms with Crippen molar-refractivity contribution < 1.29 is 4.79 Å². The lowest BCUT2D eigenvalue weighted by Gasteiger charge is -2.02. The van der Waals surface area contributed by atoms with Crippen molar-refractivity contribution in [2.45, 2.75) is 6.42 Å². The average molecular weight is 241 g/mol. The van der Waals surface area contributed by atoms with Crippen LogP contribution in [0.15, 0.2) is 54.7 Å². The van der Waals surface area contributed by atoms with Crippen LogP contribution in [0.1, 0.15) is 22.5 Å². The molecule has 0 radical (unpaired) electrons. The average Bonchev–Trinajstić information content (AvgIpc) is 2.40. The zero-order valence-corrected chi connectivity index (χ0v) is 9.98. The number of Topliss-reactive ketones (excluding diaryl/α,β-unsaturated/α-hetero) is 1. The minimum atomic E-state index is -0.0422. The Labute approximate surface area is 105 Å². The summed E-state index contributed by atoms with van der Waals surface area (Å²) in [5, 5.41) is 0. The van der Waals surface area contributed by atoms with Crippen molar-refractivity contribution in [3.63, 3.8) is 0 Å². The number of carbonyl (C=O) groups excluding carboxylic acids is 1. The van der Waals surface area contributed by atoms with Crippen molar-refractivity contribution in [1.82, 2.24) is 4.98 Å². The van der Waals surface area contributed by atoms with Gasteiger partial charge in [0.1, 0.15) is 5.69 Å². The number of thiocarbonyl (C=S) groups is 1. The van der Waals surface area contributed by atoms with Gasteiger partial charge in [-0.3, -0.25) is 9.78 Å². The Balaban J connectivity index is 2.08. The summed E-state index contributed by atoms with van der Waals surface area (Å²) >= 11 is 5.25. The highest BCUT2D eigenvalue weighted by atomic mass is 32.1. The van der Waals surface area contributed by atoms with Crippen LogP contribution in [0.25, 0.3) is 0 Å². The summed E-state index contributed by atoms with van der Waals surface area (Å²) in [6.07, 6.45) is 1.84. The van der Waals surface area contributed by atoms with Crippen LogP contribution in [0.2, 0.25) is 0 Å². The van der Waals surface area contributed by atoms with Gasteiger partial charge in [0.2, 0.25) is 0 Å². The van der Waals surface area contributed by atoms with E-state index in [9.17, 15) is 4.79 Å². The molecule has 0 unspecified atom stereocenters. The van der Waals surface area contributed by atoms with Crippen molar-refractivity contribution in [3.05, 3.63) is 66.0 Å². The highest BCUT2D eigenvalue weighted by molar-refractivity contribution is 7.80. The van der Waals surface area contributed by atoms with Crippen LogP contribution in [0.5, 0.6) is 0 Å². The molecule has 0 aliphatic rings. The summed E-state index contributed by atoms with van der Waals surface area (Å²) in [5.74, 6) is -0.0422. The topological polar surface area (TPSA) is 30.0 Å². The third-order valence-electron chi connectivity index (χ3n) is 2.37. The maximum atomic E-state index is 11.9. The lowest BCUT2D eigenvalue weighted by atomic mass is 10.1. The lowest BCUT2D eigenvalue weighted by molar-refractivity contribution is 0.0996. The Bertz CT molecular complexity index is 473. The van der Waals surface area contributed by atoms with E-state index in [0.29, 0.717) is 10.6 Å². The van der Waals surface area contributed by atoms with Gasteiger partial charge in [0, 0.05) is 17.5 Å². The maximum absolute atomic E-state index is 11.9. The molecule has 0 N–H and O–H groups in total. The first-order valence-corrected chi connectivity index (χ1v) is 5.70. The quantitative estimate of drug-likeness (QED) is 0.608. The predicted octanol–water partition coefficient (Wildman–Crippen LogP) is 3.07. The number of rotatable bonds is 4. The van der Waals surface area contributed by atoms with Gasteiger partial charge < -0.3 is 0 Å². The lowest BCUT2D eigenvalue weighted by Crippen LogP contribution is -2.08. The van der Waals surface area contributed by atoms with Crippen molar-refractivity contribution in [1.29, 1.82) is 0 Å². The third-order valence-corrected chi connectivity index (χ3v) is 2.75. The summed E-state index contributed by atoms with van der Waals surface area (Å²) in [7, 11) is 0. The van der Waals surface area contributed by atoms with Gasteiger partial charge in [-0.25, -0.2) is 0 Å². The van der Waals surface area contributed by atoms with Crippen LogP contribution in [0.4, 0.5) is 0 Å². The highest BCUT2D eigenvalue weighted by Gasteiger charge is 2.10. The molecule has 2 aromatic rings. The number of pyridine rings is 1. The molecule has 0 amide bonds. The van der Waals surface area contributed by atoms with Gasteiger partial charge in [-0.2, -0.15) is 0 Å². The second-order valence-electron chi connectivity index (χ2n) is 3.60. The van der Waals surface area contributed by atoms with E-state index < -0.39 is 0 Å². The van der Waals surface area contributed by atoms with E-state index >= 15 is 0 Å². The van der Waals surface area contributed by atoms with Gasteiger partial charge in [0.15, 0.2) is 5.78 Å². The molecular formula is C14H11NOS. The van der Waals surface area contributed by atoms with Crippen LogP contribution in [0.3, 0.4) is 0 Å². The third kappa shape index (κ3) is 3.04. The fraction of sp³-hybridized carbons (Fsp3) is 0.0714. The monoisotopic (exact) mass is 241 g/mol. The van der Waals surface area contributed by atoms with Crippen LogP contribution >= 0.6 is 12.2 Å². The van der Waals surface area contributed by atoms with Crippen LogP contribution in [-0.4, -0.2) is 15.6 Å². The first-order chi connectivity index (χ1) is 8.27. The molecule has 0 saturated carbocycles. The van der Waals surface area contributed by atoms with Gasteiger partial charge in [-0.05, 0) is 17.7 Å². The summed E-state index contributed by atoms with van der Waals surface area (Å²) < 4.78 is 0. The normalized spacial score (nSPS) is 9.88. The number of hydrogen-bond acceptors (Lipinski definition) is 3. The molecule has 0 atom stereocenters. The van der Waals surface area contributed by atoms with E-state index in [2.05, 4.69) is 4.98 Å². The summed E-state index contributed by atoms with van der Waals surface area (Å²) in [6.45, 7) is 0. The molecule has 0 aliphatic heterocycles. The minimum Gasteiger partial charge on any atom is -0.292 e. The van der Waals surface area contributed by atoms with Crippen molar-refractivity contribution in [2.24, 2.45) is 0 Å². The molecule has 0 bridgehead atoms. The van der Waals surface area contributed by atoms with Crippen LogP contribution in [-0.2, 0) is 0 Å². The zero-order chi connectivity index (χ0) is 12.1. The first-order valence-electron chi connectivity index (χ1n) is 5.30. The van der Waals surface area contributed by atoms with E-state index in [-0.39, 0.29) is 12.2 Å². The smallest absolute Gasteiger partial charge is 0.186 e.